The standard InChI is InChI=1S/C54H34N2O/c1-2-12-35(13-3-1)43-16-6-9-19-50(43)55(40-26-31-49-48-18-8-11-21-53(48)57-54(49)34-40)39-25-30-47-46-17-7-10-20-51(46)56(52(47)33-39)38-24-29-42-37(32-38)23-28-44-41-15-5-4-14-36(41)22-27-45(42)44/h1-34H. The number of hydrogen-bond acceptors (Lipinski definition) is 2. The lowest BCUT2D eigenvalue weighted by Crippen LogP contribution is -2.11. The Kier molecular flexibility index (Phi) is 6.93. The quantitative estimate of drug-likeness (QED) is 0.165. The first-order chi connectivity index (χ1) is 28.3. The van der Waals surface area contributed by atoms with Crippen LogP contribution < -0.4 is 4.90 Å². The summed E-state index contributed by atoms with van der Waals surface area (Å²) >= 11 is 0. The number of nitrogens with zero attached hydrogens (tertiary/aromatic N) is 2. The van der Waals surface area contributed by atoms with Gasteiger partial charge in [-0.2, -0.15) is 0 Å². The first-order valence-corrected chi connectivity index (χ1v) is 19.5. The molecule has 0 radical (unpaired) electrons. The molecule has 0 aliphatic carbocycles. The molecule has 266 valence electrons. The van der Waals surface area contributed by atoms with E-state index in [0.29, 0.717) is 0 Å². The minimum absolute atomic E-state index is 0.864. The van der Waals surface area contributed by atoms with E-state index in [1.165, 1.54) is 48.6 Å². The summed E-state index contributed by atoms with van der Waals surface area (Å²) in [6.07, 6.45) is 0. The van der Waals surface area contributed by atoms with E-state index < -0.39 is 0 Å². The fourth-order valence-electron chi connectivity index (χ4n) is 9.14. The molecule has 57 heavy (non-hydrogen) atoms. The van der Waals surface area contributed by atoms with Crippen LogP contribution in [-0.2, 0) is 0 Å². The third kappa shape index (κ3) is 4.92. The van der Waals surface area contributed by atoms with Gasteiger partial charge in [0, 0.05) is 50.2 Å². The van der Waals surface area contributed by atoms with Crippen molar-refractivity contribution in [1.82, 2.24) is 4.57 Å². The minimum atomic E-state index is 0.864. The Balaban J connectivity index is 1.09. The molecule has 3 heteroatoms. The van der Waals surface area contributed by atoms with Gasteiger partial charge in [0.25, 0.3) is 0 Å². The summed E-state index contributed by atoms with van der Waals surface area (Å²) in [6, 6.07) is 74.6. The van der Waals surface area contributed by atoms with Gasteiger partial charge in [-0.25, -0.2) is 0 Å². The topological polar surface area (TPSA) is 21.3 Å². The minimum Gasteiger partial charge on any atom is -0.456 e. The molecule has 0 saturated carbocycles. The highest BCUT2D eigenvalue weighted by molar-refractivity contribution is 6.18. The lowest BCUT2D eigenvalue weighted by Gasteiger charge is -2.28. The van der Waals surface area contributed by atoms with Gasteiger partial charge in [-0.05, 0) is 92.5 Å². The summed E-state index contributed by atoms with van der Waals surface area (Å²) in [5, 5.41) is 12.3. The van der Waals surface area contributed by atoms with Gasteiger partial charge in [0.05, 0.1) is 16.7 Å². The molecule has 2 heterocycles. The largest absolute Gasteiger partial charge is 0.456 e. The van der Waals surface area contributed by atoms with Crippen LogP contribution in [0, 0.1) is 0 Å². The van der Waals surface area contributed by atoms with Crippen LogP contribution in [0.5, 0.6) is 0 Å². The van der Waals surface area contributed by atoms with E-state index in [1.807, 2.05) is 12.1 Å². The van der Waals surface area contributed by atoms with E-state index in [4.69, 9.17) is 4.42 Å². The molecule has 2 aromatic heterocycles. The molecule has 12 rings (SSSR count). The first-order valence-electron chi connectivity index (χ1n) is 19.5. The summed E-state index contributed by atoms with van der Waals surface area (Å²) in [4.78, 5) is 2.38. The number of aromatic nitrogens is 1. The van der Waals surface area contributed by atoms with Crippen LogP contribution in [0.1, 0.15) is 0 Å². The highest BCUT2D eigenvalue weighted by Crippen LogP contribution is 2.45. The van der Waals surface area contributed by atoms with Crippen LogP contribution >= 0.6 is 0 Å². The Hall–Kier alpha value is -7.62. The van der Waals surface area contributed by atoms with Crippen molar-refractivity contribution in [3.63, 3.8) is 0 Å². The van der Waals surface area contributed by atoms with E-state index in [1.54, 1.807) is 0 Å². The maximum absolute atomic E-state index is 6.47. The van der Waals surface area contributed by atoms with Crippen molar-refractivity contribution in [2.75, 3.05) is 4.90 Å². The van der Waals surface area contributed by atoms with Gasteiger partial charge in [-0.3, -0.25) is 0 Å². The average molecular weight is 727 g/mol. The van der Waals surface area contributed by atoms with E-state index in [0.717, 1.165) is 61.3 Å². The van der Waals surface area contributed by atoms with Gasteiger partial charge >= 0.3 is 0 Å². The predicted molar refractivity (Wildman–Crippen MR) is 241 cm³/mol. The molecule has 0 aliphatic rings. The maximum atomic E-state index is 6.47. The Bertz CT molecular complexity index is 3540. The molecule has 0 spiro atoms. The molecular weight excluding hydrogens is 693 g/mol. The third-order valence-corrected chi connectivity index (χ3v) is 11.7. The molecule has 0 unspecified atom stereocenters. The van der Waals surface area contributed by atoms with Gasteiger partial charge in [0.2, 0.25) is 0 Å². The lowest BCUT2D eigenvalue weighted by molar-refractivity contribution is 0.669. The molecule has 10 aromatic carbocycles. The van der Waals surface area contributed by atoms with Gasteiger partial charge < -0.3 is 13.9 Å². The SMILES string of the molecule is c1ccc(-c2ccccc2N(c2ccc3c(c2)oc2ccccc23)c2ccc3c4ccccc4n(-c4ccc5c(ccc6c7ccccc7ccc56)c4)c3c2)cc1. The third-order valence-electron chi connectivity index (χ3n) is 11.7. The van der Waals surface area contributed by atoms with Crippen LogP contribution in [0.15, 0.2) is 211 Å². The van der Waals surface area contributed by atoms with Crippen LogP contribution in [0.2, 0.25) is 0 Å². The van der Waals surface area contributed by atoms with Crippen LogP contribution in [0.25, 0.3) is 92.9 Å². The van der Waals surface area contributed by atoms with Crippen molar-refractivity contribution < 1.29 is 4.42 Å². The van der Waals surface area contributed by atoms with Crippen molar-refractivity contribution in [3.8, 4) is 16.8 Å². The number of furan rings is 1. The molecule has 12 aromatic rings. The first kappa shape index (κ1) is 31.7. The fraction of sp³-hybridized carbons (Fsp3) is 0. The molecule has 0 bridgehead atoms. The molecule has 0 aliphatic heterocycles. The molecule has 3 nitrogen and oxygen atoms in total. The average Bonchev–Trinajstić information content (AvgIpc) is 3.81. The normalized spacial score (nSPS) is 11.9. The molecule has 0 saturated heterocycles. The molecule has 0 atom stereocenters. The van der Waals surface area contributed by atoms with Crippen molar-refractivity contribution in [1.29, 1.82) is 0 Å². The highest BCUT2D eigenvalue weighted by atomic mass is 16.3. The van der Waals surface area contributed by atoms with Crippen molar-refractivity contribution in [2.45, 2.75) is 0 Å². The Labute approximate surface area is 328 Å². The Morgan fingerprint density at radius 3 is 1.82 bits per heavy atom. The van der Waals surface area contributed by atoms with Gasteiger partial charge in [0.15, 0.2) is 0 Å². The second-order valence-corrected chi connectivity index (χ2v) is 14.9. The summed E-state index contributed by atoms with van der Waals surface area (Å²) < 4.78 is 8.90. The molecule has 0 amide bonds. The summed E-state index contributed by atoms with van der Waals surface area (Å²) in [6.45, 7) is 0. The number of rotatable bonds is 5. The van der Waals surface area contributed by atoms with E-state index >= 15 is 0 Å². The Morgan fingerprint density at radius 1 is 0.351 bits per heavy atom. The van der Waals surface area contributed by atoms with Gasteiger partial charge in [0.1, 0.15) is 11.2 Å². The maximum Gasteiger partial charge on any atom is 0.137 e. The predicted octanol–water partition coefficient (Wildman–Crippen LogP) is 15.3. The van der Waals surface area contributed by atoms with E-state index in [-0.39, 0.29) is 0 Å². The zero-order chi connectivity index (χ0) is 37.5. The lowest BCUT2D eigenvalue weighted by atomic mass is 9.97. The number of benzene rings is 10. The zero-order valence-corrected chi connectivity index (χ0v) is 30.9. The number of hydrogen-bond donors (Lipinski definition) is 0. The van der Waals surface area contributed by atoms with Gasteiger partial charge in [-0.1, -0.05) is 146 Å². The van der Waals surface area contributed by atoms with Crippen molar-refractivity contribution in [2.24, 2.45) is 0 Å². The van der Waals surface area contributed by atoms with E-state index in [9.17, 15) is 0 Å². The number of para-hydroxylation sites is 3. The molecule has 0 fully saturated rings. The highest BCUT2D eigenvalue weighted by Gasteiger charge is 2.21. The summed E-state index contributed by atoms with van der Waals surface area (Å²) in [5.74, 6) is 0. The second kappa shape index (κ2) is 12.5. The van der Waals surface area contributed by atoms with Crippen LogP contribution in [0.4, 0.5) is 17.1 Å². The smallest absolute Gasteiger partial charge is 0.137 e. The van der Waals surface area contributed by atoms with Crippen molar-refractivity contribution in [3.05, 3.63) is 206 Å². The second-order valence-electron chi connectivity index (χ2n) is 14.9. The fourth-order valence-corrected chi connectivity index (χ4v) is 9.14. The number of fused-ring (bicyclic) bond motifs is 11. The van der Waals surface area contributed by atoms with Crippen LogP contribution in [-0.4, -0.2) is 4.57 Å². The Morgan fingerprint density at radius 2 is 0.947 bits per heavy atom. The van der Waals surface area contributed by atoms with E-state index in [2.05, 4.69) is 204 Å². The summed E-state index contributed by atoms with van der Waals surface area (Å²) in [5.41, 5.74) is 10.7. The van der Waals surface area contributed by atoms with Gasteiger partial charge in [-0.15, -0.1) is 0 Å². The number of anilines is 3. The summed E-state index contributed by atoms with van der Waals surface area (Å²) in [7, 11) is 0. The molecule has 0 N–H and O–H groups in total. The van der Waals surface area contributed by atoms with Crippen molar-refractivity contribution >= 4 is 93.1 Å². The van der Waals surface area contributed by atoms with Crippen LogP contribution in [0.3, 0.4) is 0 Å². The monoisotopic (exact) mass is 726 g/mol. The zero-order valence-electron chi connectivity index (χ0n) is 30.9. The molecular formula is C54H34N2O.